The van der Waals surface area contributed by atoms with Gasteiger partial charge in [-0.25, -0.2) is 0 Å². The number of hydrogen-bond donors (Lipinski definition) is 1. The first-order valence-electron chi connectivity index (χ1n) is 3.33. The van der Waals surface area contributed by atoms with Crippen LogP contribution in [0, 0.1) is 18.3 Å². The molecule has 11 heavy (non-hydrogen) atoms. The summed E-state index contributed by atoms with van der Waals surface area (Å²) < 4.78 is 1.65. The molecule has 0 aromatic carbocycles. The van der Waals surface area contributed by atoms with E-state index >= 15 is 0 Å². The van der Waals surface area contributed by atoms with E-state index in [1.807, 2.05) is 0 Å². The topological polar surface area (TPSA) is 67.6 Å². The van der Waals surface area contributed by atoms with Gasteiger partial charge in [0, 0.05) is 13.6 Å². The van der Waals surface area contributed by atoms with E-state index in [-0.39, 0.29) is 0 Å². The van der Waals surface area contributed by atoms with Gasteiger partial charge < -0.3 is 5.73 Å². The van der Waals surface area contributed by atoms with E-state index in [9.17, 15) is 0 Å². The van der Waals surface area contributed by atoms with Crippen LogP contribution in [0.3, 0.4) is 0 Å². The summed E-state index contributed by atoms with van der Waals surface area (Å²) in [5.74, 6) is 0. The molecule has 4 nitrogen and oxygen atoms in total. The summed E-state index contributed by atoms with van der Waals surface area (Å²) in [6, 6.07) is 2.07. The lowest BCUT2D eigenvalue weighted by molar-refractivity contribution is 0.705. The molecule has 1 aromatic rings. The average molecular weight is 150 g/mol. The van der Waals surface area contributed by atoms with Gasteiger partial charge in [0.25, 0.3) is 0 Å². The SMILES string of the molecule is Cc1nn(C)c(CN)c1C#N. The zero-order chi connectivity index (χ0) is 8.43. The van der Waals surface area contributed by atoms with Gasteiger partial charge in [0.1, 0.15) is 6.07 Å². The Morgan fingerprint density at radius 3 is 2.73 bits per heavy atom. The summed E-state index contributed by atoms with van der Waals surface area (Å²) in [4.78, 5) is 0. The standard InChI is InChI=1S/C7H10N4/c1-5-6(3-8)7(4-9)11(2)10-5/h4,9H2,1-2H3. The highest BCUT2D eigenvalue weighted by Gasteiger charge is 2.09. The van der Waals surface area contributed by atoms with Crippen molar-refractivity contribution in [2.45, 2.75) is 13.5 Å². The molecule has 0 aliphatic carbocycles. The van der Waals surface area contributed by atoms with Crippen molar-refractivity contribution in [1.82, 2.24) is 9.78 Å². The van der Waals surface area contributed by atoms with Crippen molar-refractivity contribution < 1.29 is 0 Å². The van der Waals surface area contributed by atoms with Gasteiger partial charge >= 0.3 is 0 Å². The minimum absolute atomic E-state index is 0.361. The third kappa shape index (κ3) is 1.10. The lowest BCUT2D eigenvalue weighted by Crippen LogP contribution is -2.05. The van der Waals surface area contributed by atoms with Gasteiger partial charge in [0.05, 0.1) is 17.0 Å². The normalized spacial score (nSPS) is 9.64. The van der Waals surface area contributed by atoms with Crippen LogP contribution in [-0.4, -0.2) is 9.78 Å². The Labute approximate surface area is 65.2 Å². The summed E-state index contributed by atoms with van der Waals surface area (Å²) in [6.07, 6.45) is 0. The average Bonchev–Trinajstić information content (AvgIpc) is 2.24. The number of hydrogen-bond acceptors (Lipinski definition) is 3. The molecule has 0 aliphatic heterocycles. The second-order valence-corrected chi connectivity index (χ2v) is 2.35. The molecule has 0 bridgehead atoms. The molecule has 0 spiro atoms. The third-order valence-electron chi connectivity index (χ3n) is 1.65. The highest BCUT2D eigenvalue weighted by molar-refractivity contribution is 5.37. The number of rotatable bonds is 1. The van der Waals surface area contributed by atoms with E-state index in [0.717, 1.165) is 11.4 Å². The third-order valence-corrected chi connectivity index (χ3v) is 1.65. The number of aromatic nitrogens is 2. The quantitative estimate of drug-likeness (QED) is 0.615. The lowest BCUT2D eigenvalue weighted by atomic mass is 10.2. The fourth-order valence-electron chi connectivity index (χ4n) is 1.09. The zero-order valence-corrected chi connectivity index (χ0v) is 6.63. The van der Waals surface area contributed by atoms with Crippen molar-refractivity contribution in [1.29, 1.82) is 5.26 Å². The predicted octanol–water partition coefficient (Wildman–Crippen LogP) is 0.0589. The van der Waals surface area contributed by atoms with Crippen molar-refractivity contribution >= 4 is 0 Å². The highest BCUT2D eigenvalue weighted by atomic mass is 15.3. The van der Waals surface area contributed by atoms with Gasteiger partial charge in [-0.05, 0) is 6.92 Å². The van der Waals surface area contributed by atoms with E-state index in [1.54, 1.807) is 18.7 Å². The van der Waals surface area contributed by atoms with Gasteiger partial charge in [0.2, 0.25) is 0 Å². The molecule has 0 unspecified atom stereocenters. The first-order chi connectivity index (χ1) is 5.20. The smallest absolute Gasteiger partial charge is 0.103 e. The zero-order valence-electron chi connectivity index (χ0n) is 6.63. The Morgan fingerprint density at radius 2 is 2.36 bits per heavy atom. The molecule has 1 rings (SSSR count). The van der Waals surface area contributed by atoms with Gasteiger partial charge in [-0.1, -0.05) is 0 Å². The molecule has 0 radical (unpaired) electrons. The van der Waals surface area contributed by atoms with Crippen LogP contribution in [0.15, 0.2) is 0 Å². The first-order valence-corrected chi connectivity index (χ1v) is 3.33. The second-order valence-electron chi connectivity index (χ2n) is 2.35. The second kappa shape index (κ2) is 2.72. The summed E-state index contributed by atoms with van der Waals surface area (Å²) in [5.41, 5.74) is 7.58. The predicted molar refractivity (Wildman–Crippen MR) is 40.6 cm³/mol. The fourth-order valence-corrected chi connectivity index (χ4v) is 1.09. The molecule has 1 aromatic heterocycles. The van der Waals surface area contributed by atoms with Crippen molar-refractivity contribution in [3.05, 3.63) is 17.0 Å². The van der Waals surface area contributed by atoms with Crippen molar-refractivity contribution in [2.75, 3.05) is 0 Å². The van der Waals surface area contributed by atoms with E-state index < -0.39 is 0 Å². The largest absolute Gasteiger partial charge is 0.325 e. The van der Waals surface area contributed by atoms with E-state index in [2.05, 4.69) is 11.2 Å². The van der Waals surface area contributed by atoms with Crippen LogP contribution in [0.5, 0.6) is 0 Å². The summed E-state index contributed by atoms with van der Waals surface area (Å²) in [5, 5.41) is 12.8. The Balaban J connectivity index is 3.31. The van der Waals surface area contributed by atoms with Crippen LogP contribution >= 0.6 is 0 Å². The molecule has 4 heteroatoms. The molecule has 0 amide bonds. The number of nitrogens with two attached hydrogens (primary N) is 1. The van der Waals surface area contributed by atoms with Gasteiger partial charge in [-0.15, -0.1) is 0 Å². The minimum atomic E-state index is 0.361. The molecule has 58 valence electrons. The maximum atomic E-state index is 8.68. The Morgan fingerprint density at radius 1 is 1.73 bits per heavy atom. The minimum Gasteiger partial charge on any atom is -0.325 e. The Hall–Kier alpha value is -1.34. The summed E-state index contributed by atoms with van der Waals surface area (Å²) in [6.45, 7) is 2.16. The lowest BCUT2D eigenvalue weighted by Gasteiger charge is -1.95. The number of nitriles is 1. The van der Waals surface area contributed by atoms with Crippen molar-refractivity contribution in [3.8, 4) is 6.07 Å². The maximum Gasteiger partial charge on any atom is 0.103 e. The van der Waals surface area contributed by atoms with E-state index in [0.29, 0.717) is 12.1 Å². The van der Waals surface area contributed by atoms with Gasteiger partial charge in [-0.2, -0.15) is 10.4 Å². The van der Waals surface area contributed by atoms with Crippen LogP contribution in [0.1, 0.15) is 17.0 Å². The first kappa shape index (κ1) is 7.76. The van der Waals surface area contributed by atoms with Gasteiger partial charge in [-0.3, -0.25) is 4.68 Å². The highest BCUT2D eigenvalue weighted by Crippen LogP contribution is 2.09. The molecular formula is C7H10N4. The van der Waals surface area contributed by atoms with Gasteiger partial charge in [0.15, 0.2) is 0 Å². The monoisotopic (exact) mass is 150 g/mol. The number of aryl methyl sites for hydroxylation is 2. The van der Waals surface area contributed by atoms with E-state index in [1.165, 1.54) is 0 Å². The molecule has 1 heterocycles. The maximum absolute atomic E-state index is 8.68. The molecule has 0 fully saturated rings. The van der Waals surface area contributed by atoms with Crippen molar-refractivity contribution in [2.24, 2.45) is 12.8 Å². The van der Waals surface area contributed by atoms with Crippen LogP contribution < -0.4 is 5.73 Å². The molecule has 0 saturated heterocycles. The van der Waals surface area contributed by atoms with Crippen LogP contribution in [0.2, 0.25) is 0 Å². The van der Waals surface area contributed by atoms with Crippen LogP contribution in [0.25, 0.3) is 0 Å². The van der Waals surface area contributed by atoms with Crippen LogP contribution in [-0.2, 0) is 13.6 Å². The summed E-state index contributed by atoms with van der Waals surface area (Å²) in [7, 11) is 1.79. The fraction of sp³-hybridized carbons (Fsp3) is 0.429. The van der Waals surface area contributed by atoms with Crippen LogP contribution in [0.4, 0.5) is 0 Å². The Bertz CT molecular complexity index is 305. The van der Waals surface area contributed by atoms with E-state index in [4.69, 9.17) is 11.0 Å². The van der Waals surface area contributed by atoms with Crippen molar-refractivity contribution in [3.63, 3.8) is 0 Å². The molecule has 2 N–H and O–H groups in total. The molecule has 0 saturated carbocycles. The molecule has 0 atom stereocenters. The Kier molecular flexibility index (Phi) is 1.92. The number of nitrogens with zero attached hydrogens (tertiary/aromatic N) is 3. The molecular weight excluding hydrogens is 140 g/mol. The summed E-state index contributed by atoms with van der Waals surface area (Å²) >= 11 is 0. The molecule has 0 aliphatic rings.